The summed E-state index contributed by atoms with van der Waals surface area (Å²) in [4.78, 5) is 8.91. The number of aromatic nitrogens is 2. The van der Waals surface area contributed by atoms with Gasteiger partial charge in [-0.2, -0.15) is 0 Å². The van der Waals surface area contributed by atoms with Crippen LogP contribution in [0.3, 0.4) is 0 Å². The summed E-state index contributed by atoms with van der Waals surface area (Å²) in [6.07, 6.45) is 1.06. The van der Waals surface area contributed by atoms with Crippen LogP contribution in [0.1, 0.15) is 18.2 Å². The molecule has 1 aliphatic rings. The van der Waals surface area contributed by atoms with Crippen molar-refractivity contribution in [3.8, 4) is 0 Å². The number of nitrogen functional groups attached to an aromatic ring is 2. The molecule has 1 aliphatic heterocycles. The Morgan fingerprint density at radius 2 is 2.25 bits per heavy atom. The quantitative estimate of drug-likeness (QED) is 0.684. The lowest BCUT2D eigenvalue weighted by atomic mass is 10.1. The second-order valence-corrected chi connectivity index (χ2v) is 4.91. The van der Waals surface area contributed by atoms with E-state index >= 15 is 0 Å². The maximum atomic E-state index is 5.92. The van der Waals surface area contributed by atoms with Gasteiger partial charge in [-0.25, -0.2) is 9.97 Å². The molecule has 1 saturated heterocycles. The highest BCUT2D eigenvalue weighted by Crippen LogP contribution is 2.32. The van der Waals surface area contributed by atoms with Gasteiger partial charge in [0.05, 0.1) is 10.4 Å². The molecule has 6 heteroatoms. The molecular weight excluding hydrogens is 222 g/mol. The zero-order chi connectivity index (χ0) is 11.1. The van der Waals surface area contributed by atoms with Crippen molar-refractivity contribution < 1.29 is 0 Å². The largest absolute Gasteiger partial charge is 0.396 e. The number of nitrogens with one attached hydrogen (secondary N) is 1. The van der Waals surface area contributed by atoms with Crippen LogP contribution in [0.4, 0.5) is 11.5 Å². The van der Waals surface area contributed by atoms with Crippen LogP contribution in [-0.2, 0) is 0 Å². The predicted molar refractivity (Wildman–Crippen MR) is 66.5 cm³/mol. The standard InChI is InChI=1S/C10H13N5S/c11-6-4-16-8-7(6)14-10(15-9(8)12)5-1-2-13-3-5/h4-5,13H,1-3,11H2,(H2,12,14,15). The lowest BCUT2D eigenvalue weighted by molar-refractivity contribution is 0.709. The number of hydrogen-bond acceptors (Lipinski definition) is 6. The first kappa shape index (κ1) is 9.80. The summed E-state index contributed by atoms with van der Waals surface area (Å²) < 4.78 is 0.896. The minimum Gasteiger partial charge on any atom is -0.396 e. The lowest BCUT2D eigenvalue weighted by Crippen LogP contribution is -2.11. The van der Waals surface area contributed by atoms with Crippen LogP contribution < -0.4 is 16.8 Å². The fourth-order valence-electron chi connectivity index (χ4n) is 2.03. The summed E-state index contributed by atoms with van der Waals surface area (Å²) in [5, 5.41) is 5.16. The first-order valence-corrected chi connectivity index (χ1v) is 6.14. The van der Waals surface area contributed by atoms with E-state index in [0.717, 1.165) is 35.6 Å². The van der Waals surface area contributed by atoms with Crippen LogP contribution in [0.2, 0.25) is 0 Å². The number of nitrogens with zero attached hydrogens (tertiary/aromatic N) is 2. The van der Waals surface area contributed by atoms with E-state index < -0.39 is 0 Å². The molecule has 0 aromatic carbocycles. The van der Waals surface area contributed by atoms with Crippen molar-refractivity contribution in [1.82, 2.24) is 15.3 Å². The van der Waals surface area contributed by atoms with Gasteiger partial charge in [-0.15, -0.1) is 11.3 Å². The van der Waals surface area contributed by atoms with Crippen LogP contribution in [0.5, 0.6) is 0 Å². The number of nitrogens with two attached hydrogens (primary N) is 2. The average Bonchev–Trinajstić information content (AvgIpc) is 2.88. The second-order valence-electron chi connectivity index (χ2n) is 4.03. The molecular formula is C10H13N5S. The van der Waals surface area contributed by atoms with Crippen LogP contribution >= 0.6 is 11.3 Å². The van der Waals surface area contributed by atoms with Gasteiger partial charge in [0.2, 0.25) is 0 Å². The van der Waals surface area contributed by atoms with E-state index in [2.05, 4.69) is 15.3 Å². The highest BCUT2D eigenvalue weighted by Gasteiger charge is 2.21. The van der Waals surface area contributed by atoms with Crippen molar-refractivity contribution in [3.63, 3.8) is 0 Å². The molecule has 2 aromatic heterocycles. The minimum atomic E-state index is 0.367. The van der Waals surface area contributed by atoms with Gasteiger partial charge in [-0.3, -0.25) is 0 Å². The normalized spacial score (nSPS) is 20.6. The average molecular weight is 235 g/mol. The van der Waals surface area contributed by atoms with Crippen molar-refractivity contribution in [3.05, 3.63) is 11.2 Å². The van der Waals surface area contributed by atoms with E-state index in [9.17, 15) is 0 Å². The van der Waals surface area contributed by atoms with Crippen molar-refractivity contribution in [2.45, 2.75) is 12.3 Å². The molecule has 1 fully saturated rings. The Balaban J connectivity index is 2.15. The van der Waals surface area contributed by atoms with Gasteiger partial charge in [-0.1, -0.05) is 0 Å². The van der Waals surface area contributed by atoms with E-state index in [-0.39, 0.29) is 0 Å². The Bertz CT molecular complexity index is 529. The van der Waals surface area contributed by atoms with E-state index in [1.807, 2.05) is 5.38 Å². The SMILES string of the molecule is Nc1csc2c(N)nc(C3CCNC3)nc12. The molecule has 0 aliphatic carbocycles. The Morgan fingerprint density at radius 1 is 1.38 bits per heavy atom. The molecule has 0 radical (unpaired) electrons. The Hall–Kier alpha value is -1.40. The molecule has 16 heavy (non-hydrogen) atoms. The molecule has 3 rings (SSSR count). The molecule has 5 N–H and O–H groups in total. The van der Waals surface area contributed by atoms with Crippen molar-refractivity contribution in [1.29, 1.82) is 0 Å². The van der Waals surface area contributed by atoms with Gasteiger partial charge in [-0.05, 0) is 13.0 Å². The van der Waals surface area contributed by atoms with E-state index in [4.69, 9.17) is 11.5 Å². The third-order valence-corrected chi connectivity index (χ3v) is 3.92. The van der Waals surface area contributed by atoms with Crippen LogP contribution in [0, 0.1) is 0 Å². The van der Waals surface area contributed by atoms with Crippen LogP contribution in [0.15, 0.2) is 5.38 Å². The first-order valence-electron chi connectivity index (χ1n) is 5.26. The summed E-state index contributed by atoms with van der Waals surface area (Å²) in [5.74, 6) is 1.74. The second kappa shape index (κ2) is 3.57. The highest BCUT2D eigenvalue weighted by atomic mass is 32.1. The van der Waals surface area contributed by atoms with Crippen LogP contribution in [-0.4, -0.2) is 23.1 Å². The molecule has 3 heterocycles. The van der Waals surface area contributed by atoms with Gasteiger partial charge in [0.25, 0.3) is 0 Å². The van der Waals surface area contributed by atoms with Crippen LogP contribution in [0.25, 0.3) is 10.2 Å². The predicted octanol–water partition coefficient (Wildman–Crippen LogP) is 0.933. The number of fused-ring (bicyclic) bond motifs is 1. The third-order valence-electron chi connectivity index (χ3n) is 2.91. The number of thiophene rings is 1. The third kappa shape index (κ3) is 1.42. The molecule has 5 nitrogen and oxygen atoms in total. The smallest absolute Gasteiger partial charge is 0.145 e. The number of rotatable bonds is 1. The highest BCUT2D eigenvalue weighted by molar-refractivity contribution is 7.18. The summed E-state index contributed by atoms with van der Waals surface area (Å²) in [6.45, 7) is 1.94. The molecule has 0 spiro atoms. The van der Waals surface area contributed by atoms with Gasteiger partial charge >= 0.3 is 0 Å². The van der Waals surface area contributed by atoms with Crippen molar-refractivity contribution in [2.75, 3.05) is 24.6 Å². The molecule has 0 bridgehead atoms. The Morgan fingerprint density at radius 3 is 3.00 bits per heavy atom. The van der Waals surface area contributed by atoms with E-state index in [0.29, 0.717) is 17.4 Å². The molecule has 1 atom stereocenters. The van der Waals surface area contributed by atoms with Gasteiger partial charge < -0.3 is 16.8 Å². The monoisotopic (exact) mass is 235 g/mol. The zero-order valence-electron chi connectivity index (χ0n) is 8.73. The zero-order valence-corrected chi connectivity index (χ0v) is 9.55. The maximum Gasteiger partial charge on any atom is 0.145 e. The Kier molecular flexibility index (Phi) is 2.19. The molecule has 84 valence electrons. The molecule has 0 amide bonds. The molecule has 0 saturated carbocycles. The van der Waals surface area contributed by atoms with E-state index in [1.165, 1.54) is 11.3 Å². The first-order chi connectivity index (χ1) is 7.75. The topological polar surface area (TPSA) is 89.9 Å². The van der Waals surface area contributed by atoms with Gasteiger partial charge in [0.15, 0.2) is 0 Å². The van der Waals surface area contributed by atoms with Crippen molar-refractivity contribution in [2.24, 2.45) is 0 Å². The number of hydrogen-bond donors (Lipinski definition) is 3. The molecule has 1 unspecified atom stereocenters. The molecule has 2 aromatic rings. The fraction of sp³-hybridized carbons (Fsp3) is 0.400. The summed E-state index contributed by atoms with van der Waals surface area (Å²) in [6, 6.07) is 0. The maximum absolute atomic E-state index is 5.92. The summed E-state index contributed by atoms with van der Waals surface area (Å²) in [7, 11) is 0. The fourth-order valence-corrected chi connectivity index (χ4v) is 2.83. The van der Waals surface area contributed by atoms with Crippen molar-refractivity contribution >= 4 is 33.1 Å². The minimum absolute atomic E-state index is 0.367. The number of anilines is 2. The van der Waals surface area contributed by atoms with E-state index in [1.54, 1.807) is 0 Å². The van der Waals surface area contributed by atoms with Gasteiger partial charge in [0, 0.05) is 17.8 Å². The summed E-state index contributed by atoms with van der Waals surface area (Å²) in [5.41, 5.74) is 13.3. The van der Waals surface area contributed by atoms with Gasteiger partial charge in [0.1, 0.15) is 17.2 Å². The summed E-state index contributed by atoms with van der Waals surface area (Å²) >= 11 is 1.50. The lowest BCUT2D eigenvalue weighted by Gasteiger charge is -2.07. The Labute approximate surface area is 96.9 Å².